The molecule has 2 rings (SSSR count). The van der Waals surface area contributed by atoms with Crippen molar-refractivity contribution in [2.24, 2.45) is 0 Å². The third-order valence-electron chi connectivity index (χ3n) is 4.09. The molecule has 0 saturated carbocycles. The van der Waals surface area contributed by atoms with E-state index in [1.54, 1.807) is 13.8 Å². The van der Waals surface area contributed by atoms with Crippen LogP contribution in [-0.4, -0.2) is 5.60 Å². The first kappa shape index (κ1) is 20.1. The summed E-state index contributed by atoms with van der Waals surface area (Å²) in [5.41, 5.74) is 3.15. The van der Waals surface area contributed by atoms with Crippen LogP contribution >= 0.6 is 0 Å². The highest BCUT2D eigenvalue weighted by Gasteiger charge is 2.28. The summed E-state index contributed by atoms with van der Waals surface area (Å²) in [6, 6.07) is 12.6. The maximum atomic E-state index is 13.0. The lowest BCUT2D eigenvalue weighted by atomic mass is 9.85. The van der Waals surface area contributed by atoms with E-state index in [-0.39, 0.29) is 0 Å². The molecule has 1 nitrogen and oxygen atoms in total. The van der Waals surface area contributed by atoms with Gasteiger partial charge in [-0.05, 0) is 78.3 Å². The molecule has 2 heteroatoms. The zero-order valence-electron chi connectivity index (χ0n) is 15.9. The van der Waals surface area contributed by atoms with Crippen LogP contribution in [0.15, 0.2) is 54.1 Å². The maximum absolute atomic E-state index is 13.0. The van der Waals surface area contributed by atoms with Crippen LogP contribution in [0.4, 0.5) is 4.53 Å². The minimum atomic E-state index is -0.976. The van der Waals surface area contributed by atoms with Crippen molar-refractivity contribution in [1.82, 2.24) is 0 Å². The van der Waals surface area contributed by atoms with E-state index in [9.17, 15) is 4.53 Å². The summed E-state index contributed by atoms with van der Waals surface area (Å²) < 4.78 is 13.0. The number of hydrogen-bond acceptors (Lipinski definition) is 1. The zero-order chi connectivity index (χ0) is 18.3. The molecule has 130 valence electrons. The van der Waals surface area contributed by atoms with Gasteiger partial charge in [-0.3, -0.25) is 0 Å². The molecule has 0 spiro atoms. The highest BCUT2D eigenvalue weighted by molar-refractivity contribution is 5.92. The van der Waals surface area contributed by atoms with Crippen LogP contribution in [0.5, 0.6) is 0 Å². The average Bonchev–Trinajstić information content (AvgIpc) is 2.61. The highest BCUT2D eigenvalue weighted by Crippen LogP contribution is 2.35. The van der Waals surface area contributed by atoms with Crippen molar-refractivity contribution < 1.29 is 9.47 Å². The fraction of sp³-hybridized carbons (Fsp3) is 0.364. The molecule has 0 aliphatic carbocycles. The van der Waals surface area contributed by atoms with Gasteiger partial charge in [-0.1, -0.05) is 56.3 Å². The molecule has 0 unspecified atom stereocenters. The Bertz CT molecular complexity index is 739. The van der Waals surface area contributed by atoms with Crippen LogP contribution in [0.3, 0.4) is 0 Å². The Balaban J connectivity index is 0.00000139. The van der Waals surface area contributed by atoms with Crippen molar-refractivity contribution in [1.29, 1.82) is 0 Å². The monoisotopic (exact) mass is 328 g/mol. The van der Waals surface area contributed by atoms with E-state index >= 15 is 0 Å². The summed E-state index contributed by atoms with van der Waals surface area (Å²) in [5.74, 6) is 0. The molecule has 0 bridgehead atoms. The molecule has 0 fully saturated rings. The first-order chi connectivity index (χ1) is 11.4. The number of allylic oxidation sites excluding steroid dienone is 2. The Morgan fingerprint density at radius 1 is 1.04 bits per heavy atom. The molecule has 0 N–H and O–H groups in total. The van der Waals surface area contributed by atoms with Crippen molar-refractivity contribution in [3.05, 3.63) is 65.3 Å². The van der Waals surface area contributed by atoms with Gasteiger partial charge in [0, 0.05) is 0 Å². The van der Waals surface area contributed by atoms with E-state index in [1.807, 2.05) is 52.0 Å². The summed E-state index contributed by atoms with van der Waals surface area (Å²) >= 11 is 0. The Labute approximate surface area is 145 Å². The van der Waals surface area contributed by atoms with Crippen molar-refractivity contribution in [2.45, 2.75) is 54.1 Å². The van der Waals surface area contributed by atoms with Gasteiger partial charge in [-0.2, -0.15) is 4.94 Å². The quantitative estimate of drug-likeness (QED) is 0.539. The van der Waals surface area contributed by atoms with Crippen molar-refractivity contribution in [3.8, 4) is 0 Å². The Morgan fingerprint density at radius 3 is 2.21 bits per heavy atom. The molecular weight excluding hydrogens is 299 g/mol. The van der Waals surface area contributed by atoms with Gasteiger partial charge in [0.25, 0.3) is 0 Å². The molecule has 0 aromatic heterocycles. The maximum Gasteiger partial charge on any atom is 0.128 e. The van der Waals surface area contributed by atoms with Crippen molar-refractivity contribution >= 4 is 16.3 Å². The highest BCUT2D eigenvalue weighted by atomic mass is 19.3. The van der Waals surface area contributed by atoms with Crippen LogP contribution in [0, 0.1) is 6.92 Å². The second kappa shape index (κ2) is 8.79. The molecule has 0 saturated heterocycles. The predicted molar refractivity (Wildman–Crippen MR) is 104 cm³/mol. The average molecular weight is 328 g/mol. The van der Waals surface area contributed by atoms with Crippen LogP contribution in [0.2, 0.25) is 0 Å². The lowest BCUT2D eigenvalue weighted by Gasteiger charge is -2.26. The number of aryl methyl sites for hydroxylation is 1. The summed E-state index contributed by atoms with van der Waals surface area (Å²) in [5, 5.41) is 2.43. The largest absolute Gasteiger partial charge is 0.183 e. The Hall–Kier alpha value is -1.93. The predicted octanol–water partition coefficient (Wildman–Crippen LogP) is 7.20. The molecule has 0 heterocycles. The number of rotatable bonds is 4. The number of benzene rings is 2. The van der Waals surface area contributed by atoms with Gasteiger partial charge in [0.2, 0.25) is 0 Å². The van der Waals surface area contributed by atoms with Gasteiger partial charge < -0.3 is 0 Å². The van der Waals surface area contributed by atoms with Crippen LogP contribution in [0.25, 0.3) is 16.3 Å². The molecule has 0 aliphatic rings. The number of halogens is 1. The second-order valence-corrected chi connectivity index (χ2v) is 6.01. The lowest BCUT2D eigenvalue weighted by Crippen LogP contribution is -2.24. The third-order valence-corrected chi connectivity index (χ3v) is 4.09. The lowest BCUT2D eigenvalue weighted by molar-refractivity contribution is -0.204. The Morgan fingerprint density at radius 2 is 1.67 bits per heavy atom. The smallest absolute Gasteiger partial charge is 0.128 e. The molecule has 2 aromatic rings. The van der Waals surface area contributed by atoms with Gasteiger partial charge in [-0.15, -0.1) is 0 Å². The molecule has 0 amide bonds. The second-order valence-electron chi connectivity index (χ2n) is 6.01. The van der Waals surface area contributed by atoms with Gasteiger partial charge in [0.05, 0.1) is 0 Å². The van der Waals surface area contributed by atoms with Gasteiger partial charge in [-0.25, -0.2) is 0 Å². The van der Waals surface area contributed by atoms with Crippen LogP contribution in [-0.2, 0) is 4.94 Å². The fourth-order valence-corrected chi connectivity index (χ4v) is 3.00. The normalized spacial score (nSPS) is 12.8. The third kappa shape index (κ3) is 4.12. The molecule has 2 aromatic carbocycles. The van der Waals surface area contributed by atoms with E-state index in [1.165, 1.54) is 16.3 Å². The first-order valence-corrected chi connectivity index (χ1v) is 8.57. The number of fused-ring (bicyclic) bond motifs is 1. The summed E-state index contributed by atoms with van der Waals surface area (Å²) in [6.07, 6.45) is 3.93. The standard InChI is InChI=1S/C20H23FO.C2H6/c1-6-17(19(7-2)20(4,5)22-21)16-12-14(3)18-11-9-8-10-15(18)13-16;1-2/h6-13H,1-5H3;1-2H3/b17-6+,19-7-;. The summed E-state index contributed by atoms with van der Waals surface area (Å²) in [7, 11) is 0. The van der Waals surface area contributed by atoms with Crippen LogP contribution in [0.1, 0.15) is 52.7 Å². The Kier molecular flexibility index (Phi) is 7.37. The van der Waals surface area contributed by atoms with E-state index in [4.69, 9.17) is 0 Å². The van der Waals surface area contributed by atoms with Crippen molar-refractivity contribution in [2.75, 3.05) is 0 Å². The minimum absolute atomic E-state index is 0.840. The van der Waals surface area contributed by atoms with Gasteiger partial charge in [0.1, 0.15) is 5.60 Å². The van der Waals surface area contributed by atoms with E-state index in [0.29, 0.717) is 0 Å². The van der Waals surface area contributed by atoms with Crippen LogP contribution < -0.4 is 0 Å². The van der Waals surface area contributed by atoms with Gasteiger partial charge >= 0.3 is 0 Å². The van der Waals surface area contributed by atoms with E-state index < -0.39 is 5.60 Å². The SMILES string of the molecule is C/C=C(/C(=C/C)c1cc(C)c2ccccc2c1)C(C)(C)OF.CC. The first-order valence-electron chi connectivity index (χ1n) is 8.57. The molecule has 0 aliphatic heterocycles. The van der Waals surface area contributed by atoms with Crippen molar-refractivity contribution in [3.63, 3.8) is 0 Å². The van der Waals surface area contributed by atoms with Gasteiger partial charge in [0.15, 0.2) is 0 Å². The summed E-state index contributed by atoms with van der Waals surface area (Å²) in [6.45, 7) is 13.5. The molecule has 0 radical (unpaired) electrons. The fourth-order valence-electron chi connectivity index (χ4n) is 3.00. The molecule has 24 heavy (non-hydrogen) atoms. The molecule has 0 atom stereocenters. The number of hydrogen-bond donors (Lipinski definition) is 0. The summed E-state index contributed by atoms with van der Waals surface area (Å²) in [4.78, 5) is 4.20. The topological polar surface area (TPSA) is 9.23 Å². The van der Waals surface area contributed by atoms with E-state index in [2.05, 4.69) is 36.1 Å². The van der Waals surface area contributed by atoms with E-state index in [0.717, 1.165) is 16.7 Å². The molecular formula is C22H29FO. The minimum Gasteiger partial charge on any atom is -0.183 e. The zero-order valence-corrected chi connectivity index (χ0v) is 15.9.